The Morgan fingerprint density at radius 3 is 1.63 bits per heavy atom. The summed E-state index contributed by atoms with van der Waals surface area (Å²) in [6.45, 7) is 11.5. The number of alkyl halides is 3. The molecule has 0 fully saturated rings. The molecule has 0 bridgehead atoms. The first-order chi connectivity index (χ1) is 8.22. The molecule has 8 heteroatoms. The summed E-state index contributed by atoms with van der Waals surface area (Å²) in [6.07, 6.45) is 0. The number of halogens is 3. The summed E-state index contributed by atoms with van der Waals surface area (Å²) >= 11 is 0. The largest absolute Gasteiger partial charge is 0.522 e. The quantitative estimate of drug-likeness (QED) is 0.558. The molecule has 0 aliphatic carbocycles. The normalized spacial score (nSPS) is 15.4. The van der Waals surface area contributed by atoms with Crippen LogP contribution in [0.1, 0.15) is 41.5 Å². The van der Waals surface area contributed by atoms with Crippen LogP contribution in [0.4, 0.5) is 13.2 Å². The molecular formula is C11H23F3O3SSi. The molecule has 0 spiro atoms. The molecule has 0 aliphatic rings. The smallest absolute Gasteiger partial charge is 0.315 e. The second-order valence-corrected chi connectivity index (χ2v) is 10.6. The van der Waals surface area contributed by atoms with Crippen LogP contribution >= 0.6 is 0 Å². The zero-order chi connectivity index (χ0) is 15.6. The molecule has 0 heterocycles. The van der Waals surface area contributed by atoms with E-state index in [0.717, 1.165) is 0 Å². The maximum absolute atomic E-state index is 12.2. The molecule has 0 aromatic carbocycles. The van der Waals surface area contributed by atoms with E-state index < -0.39 is 30.4 Å². The predicted octanol–water partition coefficient (Wildman–Crippen LogP) is 3.06. The van der Waals surface area contributed by atoms with Crippen molar-refractivity contribution in [2.45, 2.75) is 52.1 Å². The van der Waals surface area contributed by atoms with E-state index in [0.29, 0.717) is 0 Å². The lowest BCUT2D eigenvalue weighted by molar-refractivity contribution is -0.0501. The average molecular weight is 320 g/mol. The third kappa shape index (κ3) is 5.07. The molecule has 0 atom stereocenters. The van der Waals surface area contributed by atoms with Gasteiger partial charge in [0.25, 0.3) is 0 Å². The van der Waals surface area contributed by atoms with Crippen molar-refractivity contribution < 1.29 is 25.5 Å². The van der Waals surface area contributed by atoms with Crippen molar-refractivity contribution >= 4 is 19.9 Å². The summed E-state index contributed by atoms with van der Waals surface area (Å²) in [7, 11) is -7.34. The second-order valence-electron chi connectivity index (χ2n) is 6.16. The minimum absolute atomic E-state index is 0.114. The zero-order valence-electron chi connectivity index (χ0n) is 12.2. The van der Waals surface area contributed by atoms with Crippen molar-refractivity contribution in [2.24, 2.45) is 17.8 Å². The van der Waals surface area contributed by atoms with Gasteiger partial charge in [0, 0.05) is 0 Å². The summed E-state index contributed by atoms with van der Waals surface area (Å²) in [4.78, 5) is 0. The van der Waals surface area contributed by atoms with Gasteiger partial charge in [-0.1, -0.05) is 41.5 Å². The van der Waals surface area contributed by atoms with E-state index in [4.69, 9.17) is 0 Å². The van der Waals surface area contributed by atoms with E-state index in [2.05, 4.69) is 3.87 Å². The van der Waals surface area contributed by atoms with Crippen LogP contribution < -0.4 is 0 Å². The van der Waals surface area contributed by atoms with Gasteiger partial charge >= 0.3 is 15.6 Å². The van der Waals surface area contributed by atoms with Crippen LogP contribution in [-0.4, -0.2) is 23.7 Å². The number of hydrogen-bond acceptors (Lipinski definition) is 3. The zero-order valence-corrected chi connectivity index (χ0v) is 14.4. The molecule has 0 unspecified atom stereocenters. The lowest BCUT2D eigenvalue weighted by atomic mass is 9.77. The molecular weight excluding hydrogens is 297 g/mol. The Kier molecular flexibility index (Phi) is 6.11. The number of rotatable bonds is 6. The molecule has 3 nitrogen and oxygen atoms in total. The standard InChI is InChI=1S/C11H23F3O3SSi/c1-7(2)9(8(3)4)10(5,6)19-17-18(15,16)11(12,13)14/h7-9H,19H2,1-6H3. The van der Waals surface area contributed by atoms with Crippen molar-refractivity contribution in [3.8, 4) is 0 Å². The Morgan fingerprint density at radius 2 is 1.37 bits per heavy atom. The van der Waals surface area contributed by atoms with Crippen LogP contribution in [-0.2, 0) is 14.0 Å². The van der Waals surface area contributed by atoms with Gasteiger partial charge in [0.2, 0.25) is 0 Å². The lowest BCUT2D eigenvalue weighted by Crippen LogP contribution is -2.36. The summed E-state index contributed by atoms with van der Waals surface area (Å²) in [5, 5.41) is -0.527. The SMILES string of the molecule is CC(C)C(C(C)C)C(C)(C)[SiH2]OS(=O)(=O)C(F)(F)F. The first kappa shape index (κ1) is 18.9. The lowest BCUT2D eigenvalue weighted by Gasteiger charge is -2.39. The van der Waals surface area contributed by atoms with Crippen molar-refractivity contribution in [3.63, 3.8) is 0 Å². The highest BCUT2D eigenvalue weighted by Gasteiger charge is 2.48. The van der Waals surface area contributed by atoms with Crippen LogP contribution in [0.5, 0.6) is 0 Å². The Balaban J connectivity index is 4.98. The van der Waals surface area contributed by atoms with Crippen LogP contribution in [0.2, 0.25) is 5.04 Å². The Bertz CT molecular complexity index is 380. The van der Waals surface area contributed by atoms with Gasteiger partial charge in [0.1, 0.15) is 0 Å². The highest BCUT2D eigenvalue weighted by molar-refractivity contribution is 7.88. The molecule has 0 aliphatic heterocycles. The molecule has 0 rings (SSSR count). The van der Waals surface area contributed by atoms with E-state index in [1.54, 1.807) is 13.8 Å². The maximum atomic E-state index is 12.2. The average Bonchev–Trinajstić information content (AvgIpc) is 2.11. The Labute approximate surface area is 116 Å². The van der Waals surface area contributed by atoms with Gasteiger partial charge in [-0.05, 0) is 22.8 Å². The molecule has 0 aromatic rings. The molecule has 0 aromatic heterocycles. The molecule has 19 heavy (non-hydrogen) atoms. The van der Waals surface area contributed by atoms with Gasteiger partial charge in [-0.15, -0.1) is 0 Å². The van der Waals surface area contributed by atoms with Crippen LogP contribution in [0.15, 0.2) is 0 Å². The van der Waals surface area contributed by atoms with Gasteiger partial charge in [-0.3, -0.25) is 0 Å². The van der Waals surface area contributed by atoms with Gasteiger partial charge in [0.05, 0.1) is 0 Å². The van der Waals surface area contributed by atoms with Crippen LogP contribution in [0.3, 0.4) is 0 Å². The Hall–Kier alpha value is -0.0831. The minimum Gasteiger partial charge on any atom is -0.315 e. The molecule has 0 saturated heterocycles. The van der Waals surface area contributed by atoms with Crippen LogP contribution in [0, 0.1) is 17.8 Å². The van der Waals surface area contributed by atoms with Crippen molar-refractivity contribution in [2.75, 3.05) is 0 Å². The van der Waals surface area contributed by atoms with E-state index in [-0.39, 0.29) is 17.8 Å². The fourth-order valence-electron chi connectivity index (χ4n) is 2.97. The van der Waals surface area contributed by atoms with E-state index in [1.807, 2.05) is 27.7 Å². The highest BCUT2D eigenvalue weighted by Crippen LogP contribution is 2.44. The monoisotopic (exact) mass is 320 g/mol. The molecule has 0 radical (unpaired) electrons. The first-order valence-electron chi connectivity index (χ1n) is 6.18. The fourth-order valence-corrected chi connectivity index (χ4v) is 6.47. The third-order valence-corrected chi connectivity index (χ3v) is 6.70. The summed E-state index contributed by atoms with van der Waals surface area (Å²) < 4.78 is 62.9. The van der Waals surface area contributed by atoms with Crippen molar-refractivity contribution in [1.29, 1.82) is 0 Å². The fraction of sp³-hybridized carbons (Fsp3) is 1.00. The summed E-state index contributed by atoms with van der Waals surface area (Å²) in [5.74, 6) is 0.613. The van der Waals surface area contributed by atoms with Gasteiger partial charge in [-0.25, -0.2) is 0 Å². The van der Waals surface area contributed by atoms with Gasteiger partial charge in [0.15, 0.2) is 9.76 Å². The van der Waals surface area contributed by atoms with E-state index >= 15 is 0 Å². The van der Waals surface area contributed by atoms with E-state index in [1.165, 1.54) is 0 Å². The predicted molar refractivity (Wildman–Crippen MR) is 71.8 cm³/mol. The molecule has 0 amide bonds. The van der Waals surface area contributed by atoms with Crippen molar-refractivity contribution in [3.05, 3.63) is 0 Å². The van der Waals surface area contributed by atoms with Gasteiger partial charge in [-0.2, -0.15) is 21.6 Å². The van der Waals surface area contributed by atoms with Crippen molar-refractivity contribution in [1.82, 2.24) is 0 Å². The van der Waals surface area contributed by atoms with E-state index in [9.17, 15) is 21.6 Å². The van der Waals surface area contributed by atoms with Crippen LogP contribution in [0.25, 0.3) is 0 Å². The maximum Gasteiger partial charge on any atom is 0.522 e. The highest BCUT2D eigenvalue weighted by atomic mass is 32.2. The van der Waals surface area contributed by atoms with Gasteiger partial charge < -0.3 is 3.87 Å². The molecule has 0 saturated carbocycles. The summed E-state index contributed by atoms with van der Waals surface area (Å²) in [6, 6.07) is 0. The molecule has 116 valence electrons. The Morgan fingerprint density at radius 1 is 1.00 bits per heavy atom. The summed E-state index contributed by atoms with van der Waals surface area (Å²) in [5.41, 5.74) is -5.33. The third-order valence-electron chi connectivity index (χ3n) is 3.21. The molecule has 0 N–H and O–H groups in total. The second kappa shape index (κ2) is 6.13. The number of hydrogen-bond donors (Lipinski definition) is 0. The first-order valence-corrected chi connectivity index (χ1v) is 8.87. The topological polar surface area (TPSA) is 43.4 Å². The minimum atomic E-state index is -5.45.